The van der Waals surface area contributed by atoms with E-state index < -0.39 is 0 Å². The molecule has 0 aliphatic rings. The van der Waals surface area contributed by atoms with Gasteiger partial charge in [-0.05, 0) is 41.1 Å². The van der Waals surface area contributed by atoms with Crippen LogP contribution in [-0.2, 0) is 0 Å². The predicted octanol–water partition coefficient (Wildman–Crippen LogP) is 5.22. The van der Waals surface area contributed by atoms with Crippen LogP contribution in [0.1, 0.15) is 0 Å². The molecule has 0 bridgehead atoms. The van der Waals surface area contributed by atoms with Crippen LogP contribution in [0.25, 0.3) is 42.5 Å². The van der Waals surface area contributed by atoms with Crippen LogP contribution in [0.4, 0.5) is 0 Å². The van der Waals surface area contributed by atoms with Crippen molar-refractivity contribution in [3.05, 3.63) is 77.2 Å². The van der Waals surface area contributed by atoms with E-state index in [-0.39, 0.29) is 5.63 Å². The van der Waals surface area contributed by atoms with Crippen molar-refractivity contribution in [2.75, 3.05) is 0 Å². The van der Waals surface area contributed by atoms with E-state index in [0.717, 1.165) is 26.4 Å². The summed E-state index contributed by atoms with van der Waals surface area (Å²) in [5, 5.41) is 3.78. The summed E-state index contributed by atoms with van der Waals surface area (Å²) in [7, 11) is 0. The van der Waals surface area contributed by atoms with Crippen molar-refractivity contribution in [2.45, 2.75) is 0 Å². The number of rotatable bonds is 1. The highest BCUT2D eigenvalue weighted by molar-refractivity contribution is 7.21. The number of aromatic nitrogens is 1. The van der Waals surface area contributed by atoms with Crippen LogP contribution in [-0.4, -0.2) is 4.98 Å². The van der Waals surface area contributed by atoms with Gasteiger partial charge in [-0.3, -0.25) is 0 Å². The first-order valence-corrected chi connectivity index (χ1v) is 8.42. The Morgan fingerprint density at radius 3 is 2.42 bits per heavy atom. The van der Waals surface area contributed by atoms with E-state index in [1.807, 2.05) is 60.7 Å². The molecule has 5 rings (SSSR count). The smallest absolute Gasteiger partial charge is 0.346 e. The minimum atomic E-state index is -0.350. The van der Waals surface area contributed by atoms with E-state index in [9.17, 15) is 4.79 Å². The summed E-state index contributed by atoms with van der Waals surface area (Å²) in [5.41, 5.74) is 1.66. The van der Waals surface area contributed by atoms with Gasteiger partial charge < -0.3 is 4.42 Å². The van der Waals surface area contributed by atoms with Crippen LogP contribution in [0.5, 0.6) is 0 Å². The van der Waals surface area contributed by atoms with Crippen LogP contribution in [0, 0.1) is 0 Å². The summed E-state index contributed by atoms with van der Waals surface area (Å²) in [4.78, 5) is 17.0. The van der Waals surface area contributed by atoms with Gasteiger partial charge in [0.25, 0.3) is 0 Å². The Morgan fingerprint density at radius 1 is 0.833 bits per heavy atom. The first-order valence-electron chi connectivity index (χ1n) is 7.60. The third-order valence-corrected chi connectivity index (χ3v) is 5.19. The van der Waals surface area contributed by atoms with Crippen molar-refractivity contribution in [1.29, 1.82) is 0 Å². The van der Waals surface area contributed by atoms with Crippen LogP contribution in [0.3, 0.4) is 0 Å². The average Bonchev–Trinajstić information content (AvgIpc) is 3.03. The molecule has 5 aromatic rings. The molecule has 114 valence electrons. The molecule has 0 saturated heterocycles. The molecule has 0 unspecified atom stereocenters. The van der Waals surface area contributed by atoms with Gasteiger partial charge in [0.05, 0.1) is 15.8 Å². The van der Waals surface area contributed by atoms with Gasteiger partial charge in [-0.25, -0.2) is 9.78 Å². The van der Waals surface area contributed by atoms with Crippen molar-refractivity contribution in [3.8, 4) is 10.6 Å². The first-order chi connectivity index (χ1) is 11.8. The summed E-state index contributed by atoms with van der Waals surface area (Å²) in [6.07, 6.45) is 0. The number of para-hydroxylation sites is 1. The lowest BCUT2D eigenvalue weighted by Crippen LogP contribution is -2.02. The number of thiazole rings is 1. The van der Waals surface area contributed by atoms with Gasteiger partial charge in [-0.15, -0.1) is 11.3 Å². The van der Waals surface area contributed by atoms with Crippen LogP contribution < -0.4 is 5.63 Å². The monoisotopic (exact) mass is 329 g/mol. The maximum absolute atomic E-state index is 12.4. The molecule has 0 fully saturated rings. The van der Waals surface area contributed by atoms with Gasteiger partial charge in [0.15, 0.2) is 0 Å². The Balaban J connectivity index is 1.80. The number of hydrogen-bond donors (Lipinski definition) is 0. The minimum Gasteiger partial charge on any atom is -0.422 e. The zero-order chi connectivity index (χ0) is 16.1. The number of benzene rings is 3. The molecule has 0 aliphatic carbocycles. The quantitative estimate of drug-likeness (QED) is 0.313. The first kappa shape index (κ1) is 13.5. The second kappa shape index (κ2) is 5.01. The second-order valence-electron chi connectivity index (χ2n) is 5.67. The molecule has 0 radical (unpaired) electrons. The maximum Gasteiger partial charge on any atom is 0.346 e. The van der Waals surface area contributed by atoms with Crippen molar-refractivity contribution in [3.63, 3.8) is 0 Å². The number of fused-ring (bicyclic) bond motifs is 3. The van der Waals surface area contributed by atoms with Gasteiger partial charge in [0.2, 0.25) is 0 Å². The Bertz CT molecular complexity index is 1250. The Hall–Kier alpha value is -2.98. The highest BCUT2D eigenvalue weighted by Crippen LogP contribution is 2.30. The highest BCUT2D eigenvalue weighted by atomic mass is 32.1. The van der Waals surface area contributed by atoms with Gasteiger partial charge in [-0.1, -0.05) is 36.4 Å². The fourth-order valence-corrected chi connectivity index (χ4v) is 3.91. The predicted molar refractivity (Wildman–Crippen MR) is 98.6 cm³/mol. The van der Waals surface area contributed by atoms with Crippen molar-refractivity contribution in [1.82, 2.24) is 4.98 Å². The normalized spacial score (nSPS) is 11.5. The van der Waals surface area contributed by atoms with E-state index in [1.54, 1.807) is 0 Å². The van der Waals surface area contributed by atoms with Gasteiger partial charge >= 0.3 is 5.63 Å². The van der Waals surface area contributed by atoms with Gasteiger partial charge in [0, 0.05) is 5.39 Å². The Labute approximate surface area is 140 Å². The van der Waals surface area contributed by atoms with Crippen LogP contribution in [0.15, 0.2) is 75.9 Å². The lowest BCUT2D eigenvalue weighted by molar-refractivity contribution is 0.564. The number of hydrogen-bond acceptors (Lipinski definition) is 4. The summed E-state index contributed by atoms with van der Waals surface area (Å²) >= 11 is 1.51. The maximum atomic E-state index is 12.4. The van der Waals surface area contributed by atoms with Gasteiger partial charge in [0.1, 0.15) is 10.6 Å². The van der Waals surface area contributed by atoms with E-state index in [0.29, 0.717) is 16.2 Å². The standard InChI is InChI=1S/C20H11NO2S/c22-20-15(19-21-16-7-3-4-8-18(16)24-19)10-14-9-12-5-1-2-6-13(12)11-17(14)23-20/h1-11H. The Morgan fingerprint density at radius 2 is 1.58 bits per heavy atom. The molecule has 4 heteroatoms. The van der Waals surface area contributed by atoms with Crippen molar-refractivity contribution >= 4 is 43.3 Å². The van der Waals surface area contributed by atoms with Crippen LogP contribution >= 0.6 is 11.3 Å². The van der Waals surface area contributed by atoms with E-state index in [4.69, 9.17) is 4.42 Å². The molecular weight excluding hydrogens is 318 g/mol. The largest absolute Gasteiger partial charge is 0.422 e. The summed E-state index contributed by atoms with van der Waals surface area (Å²) < 4.78 is 6.62. The van der Waals surface area contributed by atoms with Crippen LogP contribution in [0.2, 0.25) is 0 Å². The van der Waals surface area contributed by atoms with Crippen molar-refractivity contribution in [2.24, 2.45) is 0 Å². The fourth-order valence-electron chi connectivity index (χ4n) is 2.94. The topological polar surface area (TPSA) is 43.1 Å². The molecule has 0 amide bonds. The lowest BCUT2D eigenvalue weighted by Gasteiger charge is -2.02. The summed E-state index contributed by atoms with van der Waals surface area (Å²) in [6, 6.07) is 21.7. The third-order valence-electron chi connectivity index (χ3n) is 4.12. The molecule has 0 N–H and O–H groups in total. The molecule has 3 aromatic carbocycles. The molecule has 0 saturated carbocycles. The van der Waals surface area contributed by atoms with E-state index in [2.05, 4.69) is 11.1 Å². The summed E-state index contributed by atoms with van der Waals surface area (Å²) in [5.74, 6) is 0. The molecule has 0 atom stereocenters. The van der Waals surface area contributed by atoms with E-state index in [1.165, 1.54) is 11.3 Å². The summed E-state index contributed by atoms with van der Waals surface area (Å²) in [6.45, 7) is 0. The fraction of sp³-hybridized carbons (Fsp3) is 0. The zero-order valence-electron chi connectivity index (χ0n) is 12.5. The molecule has 0 spiro atoms. The van der Waals surface area contributed by atoms with Crippen molar-refractivity contribution < 1.29 is 4.42 Å². The molecular formula is C20H11NO2S. The van der Waals surface area contributed by atoms with Gasteiger partial charge in [-0.2, -0.15) is 0 Å². The molecule has 3 nitrogen and oxygen atoms in total. The SMILES string of the molecule is O=c1oc2cc3ccccc3cc2cc1-c1nc2ccccc2s1. The second-order valence-corrected chi connectivity index (χ2v) is 6.70. The highest BCUT2D eigenvalue weighted by Gasteiger charge is 2.13. The molecule has 24 heavy (non-hydrogen) atoms. The average molecular weight is 329 g/mol. The molecule has 2 aromatic heterocycles. The molecule has 2 heterocycles. The Kier molecular flexibility index (Phi) is 2.81. The minimum absolute atomic E-state index is 0.350. The zero-order valence-corrected chi connectivity index (χ0v) is 13.3. The number of nitrogens with zero attached hydrogens (tertiary/aromatic N) is 1. The van der Waals surface area contributed by atoms with E-state index >= 15 is 0 Å². The third kappa shape index (κ3) is 2.04. The molecule has 0 aliphatic heterocycles. The lowest BCUT2D eigenvalue weighted by atomic mass is 10.1.